The molecule has 0 amide bonds. The number of hydrogen-bond donors (Lipinski definition) is 1. The van der Waals surface area contributed by atoms with Crippen LogP contribution >= 0.6 is 0 Å². The number of nitrogens with zero attached hydrogens (tertiary/aromatic N) is 1. The third kappa shape index (κ3) is 2.43. The second-order valence-electron chi connectivity index (χ2n) is 4.92. The first-order chi connectivity index (χ1) is 8.43. The molecular weight excluding hydrogens is 341 g/mol. The maximum absolute atomic E-state index is 10.6. The molecule has 0 unspecified atom stereocenters. The maximum atomic E-state index is 10.6. The Morgan fingerprint density at radius 2 is 2.17 bits per heavy atom. The van der Waals surface area contributed by atoms with Crippen LogP contribution < -0.4 is 21.2 Å². The van der Waals surface area contributed by atoms with Gasteiger partial charge in [-0.1, -0.05) is 0 Å². The van der Waals surface area contributed by atoms with E-state index in [4.69, 9.17) is 5.11 Å². The minimum absolute atomic E-state index is 0.00509. The Morgan fingerprint density at radius 3 is 2.83 bits per heavy atom. The van der Waals surface area contributed by atoms with Crippen LogP contribution in [0.3, 0.4) is 0 Å². The van der Waals surface area contributed by atoms with Gasteiger partial charge in [0.15, 0.2) is 0 Å². The van der Waals surface area contributed by atoms with E-state index < -0.39 is 5.97 Å². The fourth-order valence-electron chi connectivity index (χ4n) is 2.07. The molecule has 1 aliphatic rings. The van der Waals surface area contributed by atoms with Crippen molar-refractivity contribution in [3.05, 3.63) is 27.3 Å². The van der Waals surface area contributed by atoms with E-state index in [1.807, 2.05) is 6.07 Å². The Hall–Kier alpha value is -0.910. The summed E-state index contributed by atoms with van der Waals surface area (Å²) >= 11 is -0.245. The van der Waals surface area contributed by atoms with Crippen LogP contribution in [0.15, 0.2) is 23.2 Å². The van der Waals surface area contributed by atoms with Gasteiger partial charge in [-0.3, -0.25) is 0 Å². The van der Waals surface area contributed by atoms with E-state index >= 15 is 0 Å². The van der Waals surface area contributed by atoms with Crippen LogP contribution in [-0.2, 0) is 10.2 Å². The van der Waals surface area contributed by atoms with Crippen molar-refractivity contribution in [3.8, 4) is 0 Å². The summed E-state index contributed by atoms with van der Waals surface area (Å²) in [6.07, 6.45) is 0.275. The molecule has 1 heterocycles. The van der Waals surface area contributed by atoms with Crippen molar-refractivity contribution in [1.82, 2.24) is 0 Å². The van der Waals surface area contributed by atoms with E-state index in [-0.39, 0.29) is 33.0 Å². The Morgan fingerprint density at radius 1 is 1.44 bits per heavy atom. The average molecular weight is 358 g/mol. The summed E-state index contributed by atoms with van der Waals surface area (Å²) in [5.41, 5.74) is 3.53. The summed E-state index contributed by atoms with van der Waals surface area (Å²) in [4.78, 5) is 15.2. The first kappa shape index (κ1) is 13.5. The van der Waals surface area contributed by atoms with Gasteiger partial charge >= 0.3 is 118 Å². The molecule has 18 heavy (non-hydrogen) atoms. The van der Waals surface area contributed by atoms with Crippen molar-refractivity contribution in [1.29, 1.82) is 0 Å². The molecule has 1 aromatic carbocycles. The summed E-state index contributed by atoms with van der Waals surface area (Å²) in [6, 6.07) is 6.23. The van der Waals surface area contributed by atoms with Gasteiger partial charge in [-0.25, -0.2) is 0 Å². The van der Waals surface area contributed by atoms with Crippen LogP contribution in [0.4, 0.5) is 5.69 Å². The van der Waals surface area contributed by atoms with Gasteiger partial charge < -0.3 is 0 Å². The average Bonchev–Trinajstić information content (AvgIpc) is 2.50. The van der Waals surface area contributed by atoms with E-state index in [0.29, 0.717) is 0 Å². The summed E-state index contributed by atoms with van der Waals surface area (Å²) in [5, 5.41) is 8.72. The number of hydrogen-bond acceptors (Lipinski definition) is 2. The third-order valence-corrected chi connectivity index (χ3v) is 6.16. The number of carboxylic acid groups (broad SMARTS) is 1. The number of alkyl halides is 1. The Kier molecular flexibility index (Phi) is 3.75. The van der Waals surface area contributed by atoms with Crippen LogP contribution in [0.2, 0.25) is 0 Å². The Labute approximate surface area is 118 Å². The number of carbonyl (C=O) groups is 1. The number of aliphatic carboxylic acids is 1. The monoisotopic (exact) mass is 358 g/mol. The molecular formula is C14H17INO2-. The van der Waals surface area contributed by atoms with Gasteiger partial charge in [0.2, 0.25) is 0 Å². The van der Waals surface area contributed by atoms with Crippen molar-refractivity contribution in [2.75, 3.05) is 4.43 Å². The van der Waals surface area contributed by atoms with Gasteiger partial charge in [-0.05, 0) is 0 Å². The quantitative estimate of drug-likeness (QED) is 0.599. The molecule has 1 aliphatic heterocycles. The normalized spacial score (nSPS) is 16.5. The van der Waals surface area contributed by atoms with Crippen LogP contribution in [0, 0.1) is 3.57 Å². The molecule has 0 bridgehead atoms. The fraction of sp³-hybridized carbons (Fsp3) is 0.429. The van der Waals surface area contributed by atoms with E-state index in [2.05, 4.69) is 37.9 Å². The van der Waals surface area contributed by atoms with Crippen LogP contribution in [0.5, 0.6) is 0 Å². The zero-order chi connectivity index (χ0) is 13.3. The van der Waals surface area contributed by atoms with Gasteiger partial charge in [-0.15, -0.1) is 0 Å². The molecule has 1 N–H and O–H groups in total. The predicted molar refractivity (Wildman–Crippen MR) is 68.1 cm³/mol. The van der Waals surface area contributed by atoms with Crippen molar-refractivity contribution >= 4 is 17.4 Å². The first-order valence-corrected chi connectivity index (χ1v) is 8.53. The number of benzene rings is 1. The van der Waals surface area contributed by atoms with Crippen LogP contribution in [0.1, 0.15) is 32.8 Å². The van der Waals surface area contributed by atoms with Crippen LogP contribution in [0.25, 0.3) is 0 Å². The molecule has 0 saturated carbocycles. The molecule has 3 nitrogen and oxygen atoms in total. The number of carboxylic acids is 1. The Balaban J connectivity index is 2.26. The minimum atomic E-state index is -0.700. The van der Waals surface area contributed by atoms with E-state index in [9.17, 15) is 4.79 Å². The zero-order valence-electron chi connectivity index (χ0n) is 10.8. The second-order valence-corrected chi connectivity index (χ2v) is 7.93. The van der Waals surface area contributed by atoms with E-state index in [0.717, 1.165) is 15.8 Å². The summed E-state index contributed by atoms with van der Waals surface area (Å²) in [6.45, 7) is 6.46. The number of aliphatic imine (C=N–C) groups is 1. The molecule has 0 saturated heterocycles. The molecule has 0 aliphatic carbocycles. The predicted octanol–water partition coefficient (Wildman–Crippen LogP) is -0.196. The van der Waals surface area contributed by atoms with Gasteiger partial charge in [0.25, 0.3) is 0 Å². The van der Waals surface area contributed by atoms with Gasteiger partial charge in [0.05, 0.1) is 0 Å². The van der Waals surface area contributed by atoms with E-state index in [1.165, 1.54) is 9.13 Å². The summed E-state index contributed by atoms with van der Waals surface area (Å²) < 4.78 is 2.14. The number of halogens is 1. The summed E-state index contributed by atoms with van der Waals surface area (Å²) in [5.74, 6) is -0.700. The van der Waals surface area contributed by atoms with Crippen molar-refractivity contribution in [2.24, 2.45) is 4.99 Å². The molecule has 0 radical (unpaired) electrons. The molecule has 1 aromatic rings. The Bertz CT molecular complexity index is 521. The summed E-state index contributed by atoms with van der Waals surface area (Å²) in [7, 11) is 0. The van der Waals surface area contributed by atoms with Crippen molar-refractivity contribution < 1.29 is 31.1 Å². The van der Waals surface area contributed by atoms with Crippen molar-refractivity contribution in [2.45, 2.75) is 32.6 Å². The zero-order valence-corrected chi connectivity index (χ0v) is 13.0. The molecule has 0 aromatic heterocycles. The fourth-order valence-corrected chi connectivity index (χ4v) is 5.17. The SMILES string of the molecule is CC1=Nc2cccc([I-]CCC(=O)O)c2C1(C)C. The molecule has 4 heteroatoms. The number of fused-ring (bicyclic) bond motifs is 1. The first-order valence-electron chi connectivity index (χ1n) is 5.93. The molecule has 0 spiro atoms. The van der Waals surface area contributed by atoms with Gasteiger partial charge in [-0.2, -0.15) is 0 Å². The second kappa shape index (κ2) is 4.99. The molecule has 0 fully saturated rings. The topological polar surface area (TPSA) is 49.7 Å². The molecule has 2 rings (SSSR count). The van der Waals surface area contributed by atoms with E-state index in [1.54, 1.807) is 0 Å². The molecule has 0 atom stereocenters. The number of rotatable bonds is 4. The van der Waals surface area contributed by atoms with Gasteiger partial charge in [0.1, 0.15) is 0 Å². The van der Waals surface area contributed by atoms with Crippen LogP contribution in [-0.4, -0.2) is 21.2 Å². The standard InChI is InChI=1S/C14H17INO2/c1-9-14(2,3)13-10(15-8-7-12(17)18)5-4-6-11(13)16-9/h4-6H,7-8H2,1-3H3,(H,17,18)/q-1. The third-order valence-electron chi connectivity index (χ3n) is 3.36. The molecule has 98 valence electrons. The van der Waals surface area contributed by atoms with Crippen molar-refractivity contribution in [3.63, 3.8) is 0 Å². The van der Waals surface area contributed by atoms with Gasteiger partial charge in [0, 0.05) is 0 Å².